The van der Waals surface area contributed by atoms with E-state index in [4.69, 9.17) is 23.2 Å². The van der Waals surface area contributed by atoms with Gasteiger partial charge in [-0.1, -0.05) is 23.2 Å². The number of rotatable bonds is 2. The van der Waals surface area contributed by atoms with E-state index >= 15 is 0 Å². The van der Waals surface area contributed by atoms with Crippen LogP contribution in [0.1, 0.15) is 12.1 Å². The Labute approximate surface area is 86.6 Å². The molecule has 0 radical (unpaired) electrons. The zero-order valence-electron chi connectivity index (χ0n) is 6.38. The molecule has 4 nitrogen and oxygen atoms in total. The molecule has 8 heteroatoms. The molecule has 1 rings (SSSR count). The molecular weight excluding hydrogens is 241 g/mol. The molecule has 0 aliphatic rings. The van der Waals surface area contributed by atoms with Gasteiger partial charge in [-0.05, 0) is 9.91 Å². The number of pyridine rings is 1. The van der Waals surface area contributed by atoms with Crippen molar-refractivity contribution in [2.24, 2.45) is 0 Å². The summed E-state index contributed by atoms with van der Waals surface area (Å²) < 4.78 is 24.4. The molecule has 0 aromatic carbocycles. The van der Waals surface area contributed by atoms with Crippen molar-refractivity contribution < 1.29 is 13.7 Å². The van der Waals surface area contributed by atoms with Crippen LogP contribution in [0.3, 0.4) is 0 Å². The Hall–Kier alpha value is -1.01. The van der Waals surface area contributed by atoms with Crippen molar-refractivity contribution in [3.63, 3.8) is 0 Å². The fraction of sp³-hybridized carbons (Fsp3) is 0.167. The summed E-state index contributed by atoms with van der Waals surface area (Å²) in [5, 5.41) is 9.45. The first-order valence-corrected chi connectivity index (χ1v) is 3.97. The summed E-state index contributed by atoms with van der Waals surface area (Å²) in [4.78, 5) is 12.4. The molecule has 76 valence electrons. The number of aromatic nitrogens is 1. The highest BCUT2D eigenvalue weighted by molar-refractivity contribution is 6.42. The lowest BCUT2D eigenvalue weighted by molar-refractivity contribution is -0.389. The molecule has 0 spiro atoms. The van der Waals surface area contributed by atoms with Crippen LogP contribution in [-0.2, 0) is 0 Å². The molecular formula is C6H2Cl2F2N2O2. The number of nitro groups is 1. The summed E-state index contributed by atoms with van der Waals surface area (Å²) >= 11 is 10.8. The highest BCUT2D eigenvalue weighted by Crippen LogP contribution is 2.33. The third-order valence-corrected chi connectivity index (χ3v) is 2.11. The Balaban J connectivity index is 3.35. The van der Waals surface area contributed by atoms with E-state index in [0.717, 1.165) is 6.07 Å². The lowest BCUT2D eigenvalue weighted by atomic mass is 10.3. The highest BCUT2D eigenvalue weighted by Gasteiger charge is 2.25. The summed E-state index contributed by atoms with van der Waals surface area (Å²) in [6.45, 7) is 0. The SMILES string of the molecule is O=[N+]([O-])c1cc(Cl)c(Cl)c(C(F)F)n1. The molecule has 0 aliphatic carbocycles. The quantitative estimate of drug-likeness (QED) is 0.591. The van der Waals surface area contributed by atoms with Crippen molar-refractivity contribution >= 4 is 29.0 Å². The van der Waals surface area contributed by atoms with Crippen molar-refractivity contribution in [2.45, 2.75) is 6.43 Å². The van der Waals surface area contributed by atoms with E-state index in [9.17, 15) is 18.9 Å². The molecule has 0 unspecified atom stereocenters. The molecule has 0 saturated carbocycles. The Morgan fingerprint density at radius 1 is 1.50 bits per heavy atom. The minimum absolute atomic E-state index is 0.316. The summed E-state index contributed by atoms with van der Waals surface area (Å²) in [7, 11) is 0. The van der Waals surface area contributed by atoms with Crippen LogP contribution in [0.4, 0.5) is 14.6 Å². The predicted molar refractivity (Wildman–Crippen MR) is 45.9 cm³/mol. The largest absolute Gasteiger partial charge is 0.365 e. The minimum Gasteiger partial charge on any atom is -0.358 e. The van der Waals surface area contributed by atoms with Crippen molar-refractivity contribution in [3.8, 4) is 0 Å². The van der Waals surface area contributed by atoms with Gasteiger partial charge in [0.05, 0.1) is 11.1 Å². The van der Waals surface area contributed by atoms with Gasteiger partial charge in [-0.3, -0.25) is 0 Å². The van der Waals surface area contributed by atoms with Gasteiger partial charge in [0, 0.05) is 0 Å². The van der Waals surface area contributed by atoms with E-state index in [0.29, 0.717) is 0 Å². The molecule has 1 heterocycles. The molecule has 1 aromatic rings. The molecule has 14 heavy (non-hydrogen) atoms. The average molecular weight is 243 g/mol. The minimum atomic E-state index is -3.00. The first kappa shape index (κ1) is 11.1. The summed E-state index contributed by atoms with van der Waals surface area (Å²) in [6.07, 6.45) is -3.00. The summed E-state index contributed by atoms with van der Waals surface area (Å²) in [5.41, 5.74) is -0.883. The summed E-state index contributed by atoms with van der Waals surface area (Å²) in [5.74, 6) is -0.755. The third kappa shape index (κ3) is 2.08. The van der Waals surface area contributed by atoms with Crippen LogP contribution in [0.2, 0.25) is 10.0 Å². The second-order valence-electron chi connectivity index (χ2n) is 2.22. The van der Waals surface area contributed by atoms with E-state index in [1.54, 1.807) is 0 Å². The topological polar surface area (TPSA) is 56.0 Å². The van der Waals surface area contributed by atoms with Crippen LogP contribution in [0.15, 0.2) is 6.07 Å². The first-order valence-electron chi connectivity index (χ1n) is 3.22. The molecule has 0 atom stereocenters. The molecule has 0 bridgehead atoms. The van der Waals surface area contributed by atoms with Crippen LogP contribution < -0.4 is 0 Å². The molecule has 0 amide bonds. The second-order valence-corrected chi connectivity index (χ2v) is 3.00. The van der Waals surface area contributed by atoms with Gasteiger partial charge in [0.2, 0.25) is 5.69 Å². The van der Waals surface area contributed by atoms with Crippen LogP contribution in [0.5, 0.6) is 0 Å². The van der Waals surface area contributed by atoms with Crippen LogP contribution in [0, 0.1) is 10.1 Å². The van der Waals surface area contributed by atoms with Gasteiger partial charge in [-0.15, -0.1) is 0 Å². The Bertz CT molecular complexity index is 386. The Morgan fingerprint density at radius 2 is 2.07 bits per heavy atom. The fourth-order valence-corrected chi connectivity index (χ4v) is 1.12. The first-order chi connectivity index (χ1) is 6.43. The summed E-state index contributed by atoms with van der Waals surface area (Å²) in [6, 6.07) is 0.815. The predicted octanol–water partition coefficient (Wildman–Crippen LogP) is 3.23. The normalized spacial score (nSPS) is 10.6. The van der Waals surface area contributed by atoms with E-state index in [1.807, 2.05) is 0 Å². The lowest BCUT2D eigenvalue weighted by Crippen LogP contribution is -1.98. The third-order valence-electron chi connectivity index (χ3n) is 1.32. The van der Waals surface area contributed by atoms with Crippen LogP contribution in [-0.4, -0.2) is 9.91 Å². The number of halogens is 4. The van der Waals surface area contributed by atoms with E-state index < -0.39 is 27.9 Å². The Morgan fingerprint density at radius 3 is 2.50 bits per heavy atom. The van der Waals surface area contributed by atoms with Gasteiger partial charge in [-0.2, -0.15) is 0 Å². The van der Waals surface area contributed by atoms with Crippen molar-refractivity contribution in [1.82, 2.24) is 4.98 Å². The average Bonchev–Trinajstić information content (AvgIpc) is 2.08. The molecule has 0 N–H and O–H groups in total. The molecule has 0 fully saturated rings. The van der Waals surface area contributed by atoms with Crippen LogP contribution in [0.25, 0.3) is 0 Å². The van der Waals surface area contributed by atoms with E-state index in [1.165, 1.54) is 0 Å². The number of hydrogen-bond acceptors (Lipinski definition) is 3. The number of nitrogens with zero attached hydrogens (tertiary/aromatic N) is 2. The van der Waals surface area contributed by atoms with Crippen molar-refractivity contribution in [1.29, 1.82) is 0 Å². The van der Waals surface area contributed by atoms with Gasteiger partial charge in [0.1, 0.15) is 5.02 Å². The maximum atomic E-state index is 12.2. The smallest absolute Gasteiger partial charge is 0.358 e. The zero-order valence-corrected chi connectivity index (χ0v) is 7.89. The van der Waals surface area contributed by atoms with E-state index in [-0.39, 0.29) is 5.02 Å². The van der Waals surface area contributed by atoms with Gasteiger partial charge < -0.3 is 10.1 Å². The van der Waals surface area contributed by atoms with E-state index in [2.05, 4.69) is 4.98 Å². The maximum Gasteiger partial charge on any atom is 0.365 e. The highest BCUT2D eigenvalue weighted by atomic mass is 35.5. The van der Waals surface area contributed by atoms with Gasteiger partial charge in [-0.25, -0.2) is 8.78 Å². The molecule has 1 aromatic heterocycles. The van der Waals surface area contributed by atoms with Gasteiger partial charge >= 0.3 is 12.2 Å². The van der Waals surface area contributed by atoms with Crippen LogP contribution >= 0.6 is 23.2 Å². The molecule has 0 saturated heterocycles. The van der Waals surface area contributed by atoms with Gasteiger partial charge in [0.25, 0.3) is 0 Å². The number of alkyl halides is 2. The zero-order chi connectivity index (χ0) is 10.9. The van der Waals surface area contributed by atoms with Gasteiger partial charge in [0.15, 0.2) is 0 Å². The lowest BCUT2D eigenvalue weighted by Gasteiger charge is -2.00. The standard InChI is InChI=1S/C6H2Cl2F2N2O2/c7-2-1-3(12(13)14)11-5(4(2)8)6(9)10/h1,6H. The van der Waals surface area contributed by atoms with Crippen molar-refractivity contribution in [3.05, 3.63) is 31.9 Å². The second kappa shape index (κ2) is 4.02. The fourth-order valence-electron chi connectivity index (χ4n) is 0.742. The van der Waals surface area contributed by atoms with Crippen molar-refractivity contribution in [2.75, 3.05) is 0 Å². The maximum absolute atomic E-state index is 12.2. The Kier molecular flexibility index (Phi) is 3.17. The monoisotopic (exact) mass is 242 g/mol. The molecule has 0 aliphatic heterocycles. The number of hydrogen-bond donors (Lipinski definition) is 0.